The van der Waals surface area contributed by atoms with E-state index in [2.05, 4.69) is 15.3 Å². The van der Waals surface area contributed by atoms with Crippen molar-refractivity contribution in [3.05, 3.63) is 59.8 Å². The van der Waals surface area contributed by atoms with Gasteiger partial charge in [-0.1, -0.05) is 11.6 Å². The molecule has 25 heavy (non-hydrogen) atoms. The van der Waals surface area contributed by atoms with Crippen LogP contribution in [-0.2, 0) is 0 Å². The normalized spacial score (nSPS) is 10.4. The van der Waals surface area contributed by atoms with E-state index in [1.54, 1.807) is 47.7 Å². The molecule has 1 N–H and O–H groups in total. The SMILES string of the molecule is COc1cc(C(=O)Nc2ccc(-n3ccnc3)nc2)cc(Cl)c1OC. The number of aromatic nitrogens is 3. The first kappa shape index (κ1) is 16.8. The molecule has 0 spiro atoms. The molecule has 3 rings (SSSR count). The molecule has 0 atom stereocenters. The molecule has 8 heteroatoms. The molecule has 128 valence electrons. The molecule has 2 heterocycles. The van der Waals surface area contributed by atoms with Gasteiger partial charge in [-0.15, -0.1) is 0 Å². The summed E-state index contributed by atoms with van der Waals surface area (Å²) in [6.45, 7) is 0. The highest BCUT2D eigenvalue weighted by Crippen LogP contribution is 2.36. The summed E-state index contributed by atoms with van der Waals surface area (Å²) in [6.07, 6.45) is 6.66. The summed E-state index contributed by atoms with van der Waals surface area (Å²) >= 11 is 6.13. The predicted molar refractivity (Wildman–Crippen MR) is 93.9 cm³/mol. The summed E-state index contributed by atoms with van der Waals surface area (Å²) in [6, 6.07) is 6.61. The minimum Gasteiger partial charge on any atom is -0.493 e. The summed E-state index contributed by atoms with van der Waals surface area (Å²) in [5.41, 5.74) is 0.904. The molecule has 0 radical (unpaired) electrons. The van der Waals surface area contributed by atoms with E-state index in [9.17, 15) is 4.79 Å². The molecule has 0 saturated heterocycles. The van der Waals surface area contributed by atoms with Crippen LogP contribution in [0.2, 0.25) is 5.02 Å². The quantitative estimate of drug-likeness (QED) is 0.757. The number of amides is 1. The number of hydrogen-bond donors (Lipinski definition) is 1. The van der Waals surface area contributed by atoms with Gasteiger partial charge < -0.3 is 14.8 Å². The number of halogens is 1. The van der Waals surface area contributed by atoms with Crippen LogP contribution in [0.25, 0.3) is 5.82 Å². The summed E-state index contributed by atoms with van der Waals surface area (Å²) in [4.78, 5) is 20.7. The maximum atomic E-state index is 12.4. The number of ether oxygens (including phenoxy) is 2. The van der Waals surface area contributed by atoms with Crippen LogP contribution in [0.3, 0.4) is 0 Å². The number of methoxy groups -OCH3 is 2. The van der Waals surface area contributed by atoms with Gasteiger partial charge in [0.1, 0.15) is 12.1 Å². The maximum absolute atomic E-state index is 12.4. The first-order valence-electron chi connectivity index (χ1n) is 7.29. The third-order valence-corrected chi connectivity index (χ3v) is 3.75. The van der Waals surface area contributed by atoms with Gasteiger partial charge in [0.05, 0.1) is 31.1 Å². The molecular weight excluding hydrogens is 344 g/mol. The molecule has 0 bridgehead atoms. The summed E-state index contributed by atoms with van der Waals surface area (Å²) in [5, 5.41) is 3.06. The lowest BCUT2D eigenvalue weighted by Gasteiger charge is -2.12. The molecule has 1 aromatic carbocycles. The van der Waals surface area contributed by atoms with Crippen LogP contribution in [0.15, 0.2) is 49.2 Å². The van der Waals surface area contributed by atoms with Crippen molar-refractivity contribution in [2.45, 2.75) is 0 Å². The van der Waals surface area contributed by atoms with Crippen LogP contribution in [-0.4, -0.2) is 34.7 Å². The average Bonchev–Trinajstić information content (AvgIpc) is 3.16. The number of pyridine rings is 1. The van der Waals surface area contributed by atoms with E-state index in [0.717, 1.165) is 0 Å². The second kappa shape index (κ2) is 7.23. The van der Waals surface area contributed by atoms with Gasteiger partial charge in [0.25, 0.3) is 5.91 Å². The molecule has 0 saturated carbocycles. The Morgan fingerprint density at radius 3 is 2.68 bits per heavy atom. The van der Waals surface area contributed by atoms with E-state index in [0.29, 0.717) is 33.6 Å². The van der Waals surface area contributed by atoms with Gasteiger partial charge in [-0.3, -0.25) is 9.36 Å². The van der Waals surface area contributed by atoms with Crippen molar-refractivity contribution in [3.63, 3.8) is 0 Å². The number of carbonyl (C=O) groups excluding carboxylic acids is 1. The van der Waals surface area contributed by atoms with E-state index in [1.807, 2.05) is 0 Å². The zero-order chi connectivity index (χ0) is 17.8. The number of nitrogens with one attached hydrogen (secondary N) is 1. The van der Waals surface area contributed by atoms with Crippen molar-refractivity contribution in [1.82, 2.24) is 14.5 Å². The highest BCUT2D eigenvalue weighted by atomic mass is 35.5. The third-order valence-electron chi connectivity index (χ3n) is 3.47. The number of benzene rings is 1. The van der Waals surface area contributed by atoms with E-state index in [-0.39, 0.29) is 5.91 Å². The Morgan fingerprint density at radius 2 is 2.08 bits per heavy atom. The molecule has 7 nitrogen and oxygen atoms in total. The topological polar surface area (TPSA) is 78.3 Å². The van der Waals surface area contributed by atoms with E-state index >= 15 is 0 Å². The van der Waals surface area contributed by atoms with Crippen LogP contribution < -0.4 is 14.8 Å². The standard InChI is InChI=1S/C17H15ClN4O3/c1-24-14-8-11(7-13(18)16(14)25-2)17(23)21-12-3-4-15(20-9-12)22-6-5-19-10-22/h3-10H,1-2H3,(H,21,23). The fraction of sp³-hybridized carbons (Fsp3) is 0.118. The lowest BCUT2D eigenvalue weighted by molar-refractivity contribution is 0.102. The van der Waals surface area contributed by atoms with Gasteiger partial charge in [-0.05, 0) is 24.3 Å². The predicted octanol–water partition coefficient (Wildman–Crippen LogP) is 3.19. The summed E-state index contributed by atoms with van der Waals surface area (Å²) < 4.78 is 12.1. The zero-order valence-corrected chi connectivity index (χ0v) is 14.3. The van der Waals surface area contributed by atoms with Crippen LogP contribution in [0.5, 0.6) is 11.5 Å². The highest BCUT2D eigenvalue weighted by Gasteiger charge is 2.15. The van der Waals surface area contributed by atoms with Crippen LogP contribution >= 0.6 is 11.6 Å². The van der Waals surface area contributed by atoms with Gasteiger partial charge in [-0.2, -0.15) is 0 Å². The minimum absolute atomic E-state index is 0.292. The second-order valence-electron chi connectivity index (χ2n) is 5.02. The molecule has 2 aromatic heterocycles. The van der Waals surface area contributed by atoms with Crippen molar-refractivity contribution in [2.75, 3.05) is 19.5 Å². The fourth-order valence-corrected chi connectivity index (χ4v) is 2.55. The fourth-order valence-electron chi connectivity index (χ4n) is 2.26. The number of rotatable bonds is 5. The minimum atomic E-state index is -0.333. The molecule has 0 aliphatic rings. The van der Waals surface area contributed by atoms with Crippen molar-refractivity contribution in [3.8, 4) is 17.3 Å². The van der Waals surface area contributed by atoms with Gasteiger partial charge in [0.2, 0.25) is 0 Å². The van der Waals surface area contributed by atoms with E-state index in [1.165, 1.54) is 20.3 Å². The first-order chi connectivity index (χ1) is 12.1. The lowest BCUT2D eigenvalue weighted by atomic mass is 10.2. The van der Waals surface area contributed by atoms with E-state index in [4.69, 9.17) is 21.1 Å². The molecular formula is C17H15ClN4O3. The maximum Gasteiger partial charge on any atom is 0.255 e. The summed E-state index contributed by atoms with van der Waals surface area (Å²) in [5.74, 6) is 1.13. The monoisotopic (exact) mass is 358 g/mol. The Kier molecular flexibility index (Phi) is 4.85. The third kappa shape index (κ3) is 3.56. The molecule has 0 aliphatic heterocycles. The average molecular weight is 359 g/mol. The largest absolute Gasteiger partial charge is 0.493 e. The number of carbonyl (C=O) groups is 1. The number of nitrogens with zero attached hydrogens (tertiary/aromatic N) is 3. The van der Waals surface area contributed by atoms with E-state index < -0.39 is 0 Å². The molecule has 0 aliphatic carbocycles. The molecule has 1 amide bonds. The Morgan fingerprint density at radius 1 is 1.24 bits per heavy atom. The summed E-state index contributed by atoms with van der Waals surface area (Å²) in [7, 11) is 2.96. The number of imidazole rings is 1. The van der Waals surface area contributed by atoms with Crippen molar-refractivity contribution in [2.24, 2.45) is 0 Å². The van der Waals surface area contributed by atoms with Crippen LogP contribution in [0.1, 0.15) is 10.4 Å². The lowest BCUT2D eigenvalue weighted by Crippen LogP contribution is -2.12. The Labute approximate surface area is 149 Å². The van der Waals surface area contributed by atoms with Gasteiger partial charge in [0.15, 0.2) is 11.5 Å². The molecule has 0 unspecified atom stereocenters. The van der Waals surface area contributed by atoms with Crippen LogP contribution in [0.4, 0.5) is 5.69 Å². The van der Waals surface area contributed by atoms with Gasteiger partial charge >= 0.3 is 0 Å². The van der Waals surface area contributed by atoms with Gasteiger partial charge in [0, 0.05) is 18.0 Å². The van der Waals surface area contributed by atoms with Crippen molar-refractivity contribution < 1.29 is 14.3 Å². The number of anilines is 1. The first-order valence-corrected chi connectivity index (χ1v) is 7.67. The van der Waals surface area contributed by atoms with Crippen molar-refractivity contribution in [1.29, 1.82) is 0 Å². The zero-order valence-electron chi connectivity index (χ0n) is 13.6. The Bertz CT molecular complexity index is 880. The Hall–Kier alpha value is -3.06. The molecule has 3 aromatic rings. The number of hydrogen-bond acceptors (Lipinski definition) is 5. The van der Waals surface area contributed by atoms with Crippen LogP contribution in [0, 0.1) is 0 Å². The highest BCUT2D eigenvalue weighted by molar-refractivity contribution is 6.32. The van der Waals surface area contributed by atoms with Crippen molar-refractivity contribution >= 4 is 23.2 Å². The molecule has 0 fully saturated rings. The van der Waals surface area contributed by atoms with Gasteiger partial charge in [-0.25, -0.2) is 9.97 Å². The second-order valence-corrected chi connectivity index (χ2v) is 5.43. The Balaban J connectivity index is 1.79. The smallest absolute Gasteiger partial charge is 0.255 e.